The third kappa shape index (κ3) is 5.23. The normalized spacial score (nSPS) is 16.6. The number of halogens is 2. The highest BCUT2D eigenvalue weighted by Crippen LogP contribution is 2.25. The lowest BCUT2D eigenvalue weighted by Crippen LogP contribution is -2.43. The molecule has 0 spiro atoms. The van der Waals surface area contributed by atoms with Crippen LogP contribution in [0.5, 0.6) is 0 Å². The molecule has 0 saturated carbocycles. The third-order valence-corrected chi connectivity index (χ3v) is 6.58. The number of unbranched alkanes of at least 4 members (excludes halogenated alkanes) is 3. The van der Waals surface area contributed by atoms with Gasteiger partial charge in [0.05, 0.1) is 4.90 Å². The molecule has 146 valence electrons. The largest absolute Gasteiger partial charge is 0.356 e. The van der Waals surface area contributed by atoms with Crippen molar-refractivity contribution in [2.75, 3.05) is 19.6 Å². The molecule has 1 aromatic rings. The molecule has 5 nitrogen and oxygen atoms in total. The summed E-state index contributed by atoms with van der Waals surface area (Å²) in [6, 6.07) is 2.56. The van der Waals surface area contributed by atoms with Crippen molar-refractivity contribution < 1.29 is 22.0 Å². The van der Waals surface area contributed by atoms with Crippen molar-refractivity contribution in [3.05, 3.63) is 29.8 Å². The maximum atomic E-state index is 13.3. The predicted octanol–water partition coefficient (Wildman–Crippen LogP) is 3.06. The average molecular weight is 388 g/mol. The van der Waals surface area contributed by atoms with Gasteiger partial charge in [0.1, 0.15) is 0 Å². The molecule has 1 saturated heterocycles. The van der Waals surface area contributed by atoms with E-state index in [9.17, 15) is 22.0 Å². The van der Waals surface area contributed by atoms with Crippen LogP contribution < -0.4 is 5.32 Å². The Hall–Kier alpha value is -1.54. The number of rotatable bonds is 8. The van der Waals surface area contributed by atoms with E-state index in [1.807, 2.05) is 0 Å². The number of nitrogens with zero attached hydrogens (tertiary/aromatic N) is 1. The second-order valence-corrected chi connectivity index (χ2v) is 8.54. The molecular formula is C18H26F2N2O3S. The average Bonchev–Trinajstić information content (AvgIpc) is 2.63. The maximum Gasteiger partial charge on any atom is 0.243 e. The molecular weight excluding hydrogens is 362 g/mol. The van der Waals surface area contributed by atoms with E-state index < -0.39 is 21.7 Å². The summed E-state index contributed by atoms with van der Waals surface area (Å²) >= 11 is 0. The standard InChI is InChI=1S/C18H26F2N2O3S/c1-2-3-4-5-10-21-18(23)14-8-11-22(12-9-14)26(24,25)15-6-7-16(19)17(20)13-15/h6-7,13-14H,2-5,8-12H2,1H3,(H,21,23). The number of nitrogens with one attached hydrogen (secondary N) is 1. The number of sulfonamides is 1. The smallest absolute Gasteiger partial charge is 0.243 e. The number of carbonyl (C=O) groups is 1. The van der Waals surface area contributed by atoms with Gasteiger partial charge in [-0.15, -0.1) is 0 Å². The van der Waals surface area contributed by atoms with Gasteiger partial charge in [-0.05, 0) is 37.5 Å². The highest BCUT2D eigenvalue weighted by molar-refractivity contribution is 7.89. The van der Waals surface area contributed by atoms with Crippen LogP contribution in [0.4, 0.5) is 8.78 Å². The summed E-state index contributed by atoms with van der Waals surface area (Å²) < 4.78 is 52.6. The van der Waals surface area contributed by atoms with E-state index >= 15 is 0 Å². The van der Waals surface area contributed by atoms with E-state index in [2.05, 4.69) is 12.2 Å². The van der Waals surface area contributed by atoms with E-state index in [0.717, 1.165) is 37.8 Å². The molecule has 8 heteroatoms. The lowest BCUT2D eigenvalue weighted by Gasteiger charge is -2.30. The fraction of sp³-hybridized carbons (Fsp3) is 0.611. The molecule has 0 aromatic heterocycles. The lowest BCUT2D eigenvalue weighted by atomic mass is 9.97. The first kappa shape index (κ1) is 20.8. The number of hydrogen-bond acceptors (Lipinski definition) is 3. The Morgan fingerprint density at radius 2 is 1.85 bits per heavy atom. The molecule has 0 bridgehead atoms. The zero-order valence-corrected chi connectivity index (χ0v) is 15.8. The van der Waals surface area contributed by atoms with Crippen molar-refractivity contribution in [3.8, 4) is 0 Å². The summed E-state index contributed by atoms with van der Waals surface area (Å²) in [7, 11) is -3.88. The SMILES string of the molecule is CCCCCCNC(=O)C1CCN(S(=O)(=O)c2ccc(F)c(F)c2)CC1. The summed E-state index contributed by atoms with van der Waals surface area (Å²) in [5.41, 5.74) is 0. The van der Waals surface area contributed by atoms with Gasteiger partial charge < -0.3 is 5.32 Å². The van der Waals surface area contributed by atoms with Crippen LogP contribution in [0.1, 0.15) is 45.4 Å². The summed E-state index contributed by atoms with van der Waals surface area (Å²) in [5, 5.41) is 2.91. The Kier molecular flexibility index (Phi) is 7.52. The molecule has 0 atom stereocenters. The molecule has 1 fully saturated rings. The van der Waals surface area contributed by atoms with E-state index in [4.69, 9.17) is 0 Å². The monoisotopic (exact) mass is 388 g/mol. The van der Waals surface area contributed by atoms with Crippen molar-refractivity contribution in [1.82, 2.24) is 9.62 Å². The summed E-state index contributed by atoms with van der Waals surface area (Å²) in [6.45, 7) is 3.15. The molecule has 1 aromatic carbocycles. The first-order valence-electron chi connectivity index (χ1n) is 9.09. The molecule has 1 N–H and O–H groups in total. The minimum Gasteiger partial charge on any atom is -0.356 e. The van der Waals surface area contributed by atoms with Gasteiger partial charge in [0.15, 0.2) is 11.6 Å². The van der Waals surface area contributed by atoms with E-state index in [1.165, 1.54) is 4.31 Å². The molecule has 1 amide bonds. The Balaban J connectivity index is 1.87. The van der Waals surface area contributed by atoms with E-state index in [1.54, 1.807) is 0 Å². The highest BCUT2D eigenvalue weighted by atomic mass is 32.2. The Morgan fingerprint density at radius 3 is 2.46 bits per heavy atom. The summed E-state index contributed by atoms with van der Waals surface area (Å²) in [4.78, 5) is 11.9. The van der Waals surface area contributed by atoms with Crippen molar-refractivity contribution in [2.24, 2.45) is 5.92 Å². The third-order valence-electron chi connectivity index (χ3n) is 4.68. The molecule has 26 heavy (non-hydrogen) atoms. The van der Waals surface area contributed by atoms with Crippen LogP contribution in [-0.2, 0) is 14.8 Å². The van der Waals surface area contributed by atoms with Gasteiger partial charge in [-0.25, -0.2) is 17.2 Å². The Labute approximate surface area is 153 Å². The predicted molar refractivity (Wildman–Crippen MR) is 95.0 cm³/mol. The highest BCUT2D eigenvalue weighted by Gasteiger charge is 2.32. The minimum atomic E-state index is -3.88. The lowest BCUT2D eigenvalue weighted by molar-refractivity contribution is -0.126. The topological polar surface area (TPSA) is 66.5 Å². The van der Waals surface area contributed by atoms with Crippen LogP contribution in [-0.4, -0.2) is 38.3 Å². The quantitative estimate of drug-likeness (QED) is 0.696. The molecule has 1 heterocycles. The molecule has 0 aliphatic carbocycles. The maximum absolute atomic E-state index is 13.3. The molecule has 0 unspecified atom stereocenters. The molecule has 1 aliphatic rings. The summed E-state index contributed by atoms with van der Waals surface area (Å²) in [5.74, 6) is -2.52. The Morgan fingerprint density at radius 1 is 1.15 bits per heavy atom. The van der Waals surface area contributed by atoms with Gasteiger partial charge in [-0.3, -0.25) is 4.79 Å². The molecule has 1 aliphatic heterocycles. The van der Waals surface area contributed by atoms with Crippen LogP contribution in [0.3, 0.4) is 0 Å². The van der Waals surface area contributed by atoms with Crippen LogP contribution in [0.15, 0.2) is 23.1 Å². The van der Waals surface area contributed by atoms with Gasteiger partial charge in [-0.1, -0.05) is 26.2 Å². The van der Waals surface area contributed by atoms with Gasteiger partial charge >= 0.3 is 0 Å². The summed E-state index contributed by atoms with van der Waals surface area (Å²) in [6.07, 6.45) is 5.16. The fourth-order valence-electron chi connectivity index (χ4n) is 3.05. The van der Waals surface area contributed by atoms with Gasteiger partial charge in [0.2, 0.25) is 15.9 Å². The van der Waals surface area contributed by atoms with Crippen LogP contribution in [0.2, 0.25) is 0 Å². The van der Waals surface area contributed by atoms with Gasteiger partial charge in [-0.2, -0.15) is 4.31 Å². The van der Waals surface area contributed by atoms with Crippen molar-refractivity contribution in [3.63, 3.8) is 0 Å². The second-order valence-electron chi connectivity index (χ2n) is 6.61. The first-order chi connectivity index (χ1) is 12.4. The molecule has 2 rings (SSSR count). The van der Waals surface area contributed by atoms with Crippen LogP contribution >= 0.6 is 0 Å². The van der Waals surface area contributed by atoms with Crippen molar-refractivity contribution in [2.45, 2.75) is 50.3 Å². The molecule has 0 radical (unpaired) electrons. The number of amides is 1. The van der Waals surface area contributed by atoms with Crippen LogP contribution in [0.25, 0.3) is 0 Å². The minimum absolute atomic E-state index is 0.0358. The van der Waals surface area contributed by atoms with E-state index in [0.29, 0.717) is 25.5 Å². The number of piperidine rings is 1. The van der Waals surface area contributed by atoms with E-state index in [-0.39, 0.29) is 29.8 Å². The Bertz CT molecular complexity index is 717. The fourth-order valence-corrected chi connectivity index (χ4v) is 4.53. The number of benzene rings is 1. The zero-order valence-electron chi connectivity index (χ0n) is 15.0. The van der Waals surface area contributed by atoms with Gasteiger partial charge in [0, 0.05) is 25.6 Å². The number of hydrogen-bond donors (Lipinski definition) is 1. The first-order valence-corrected chi connectivity index (χ1v) is 10.5. The van der Waals surface area contributed by atoms with Crippen molar-refractivity contribution in [1.29, 1.82) is 0 Å². The number of carbonyl (C=O) groups excluding carboxylic acids is 1. The second kappa shape index (κ2) is 9.41. The van der Waals surface area contributed by atoms with Gasteiger partial charge in [0.25, 0.3) is 0 Å². The van der Waals surface area contributed by atoms with Crippen molar-refractivity contribution >= 4 is 15.9 Å². The zero-order chi connectivity index (χ0) is 19.2. The van der Waals surface area contributed by atoms with Crippen LogP contribution in [0, 0.1) is 17.6 Å².